The number of aromatic nitrogens is 1. The third-order valence-electron chi connectivity index (χ3n) is 5.09. The molecule has 5 rings (SSSR count). The van der Waals surface area contributed by atoms with Gasteiger partial charge in [-0.25, -0.2) is 0 Å². The average molecular weight is 363 g/mol. The van der Waals surface area contributed by atoms with Crippen molar-refractivity contribution in [3.8, 4) is 22.6 Å². The highest BCUT2D eigenvalue weighted by Crippen LogP contribution is 2.35. The summed E-state index contributed by atoms with van der Waals surface area (Å²) in [6, 6.07) is 33.3. The van der Waals surface area contributed by atoms with Gasteiger partial charge in [0.15, 0.2) is 0 Å². The van der Waals surface area contributed by atoms with Crippen molar-refractivity contribution in [2.45, 2.75) is 0 Å². The van der Waals surface area contributed by atoms with E-state index in [1.807, 2.05) is 24.3 Å². The van der Waals surface area contributed by atoms with Crippen LogP contribution in [0.25, 0.3) is 38.6 Å². The van der Waals surface area contributed by atoms with Gasteiger partial charge in [-0.3, -0.25) is 0 Å². The lowest BCUT2D eigenvalue weighted by Crippen LogP contribution is -1.99. The van der Waals surface area contributed by atoms with Gasteiger partial charge in [0.25, 0.3) is 0 Å². The van der Waals surface area contributed by atoms with E-state index in [0.29, 0.717) is 5.75 Å². The Labute approximate surface area is 163 Å². The average Bonchev–Trinajstić information content (AvgIpc) is 3.08. The molecule has 0 fully saturated rings. The largest absolute Gasteiger partial charge is 0.539 e. The molecule has 0 bridgehead atoms. The molecule has 134 valence electrons. The summed E-state index contributed by atoms with van der Waals surface area (Å²) in [5.74, 6) is 0.659. The van der Waals surface area contributed by atoms with Gasteiger partial charge in [0.2, 0.25) is 0 Å². The van der Waals surface area contributed by atoms with Gasteiger partial charge in [-0.2, -0.15) is 0 Å². The highest BCUT2D eigenvalue weighted by molar-refractivity contribution is 6.17. The Morgan fingerprint density at radius 3 is 2.25 bits per heavy atom. The molecule has 0 atom stereocenters. The van der Waals surface area contributed by atoms with E-state index in [9.17, 15) is 0 Å². The van der Waals surface area contributed by atoms with E-state index < -0.39 is 0 Å². The van der Waals surface area contributed by atoms with Gasteiger partial charge in [0, 0.05) is 16.5 Å². The first kappa shape index (κ1) is 16.7. The molecule has 4 heteroatoms. The zero-order valence-corrected chi connectivity index (χ0v) is 15.2. The molecule has 0 saturated carbocycles. The maximum absolute atomic E-state index is 9.03. The fraction of sp³-hybridized carbons (Fsp3) is 0. The van der Waals surface area contributed by atoms with Gasteiger partial charge >= 0.3 is 7.69 Å². The second-order valence-corrected chi connectivity index (χ2v) is 6.72. The van der Waals surface area contributed by atoms with Crippen molar-refractivity contribution in [3.05, 3.63) is 97.1 Å². The van der Waals surface area contributed by atoms with Crippen molar-refractivity contribution < 1.29 is 9.68 Å². The first-order valence-corrected chi connectivity index (χ1v) is 9.28. The number of nitrogens with zero attached hydrogens (tertiary/aromatic N) is 1. The van der Waals surface area contributed by atoms with E-state index in [1.54, 1.807) is 0 Å². The quantitative estimate of drug-likeness (QED) is 0.452. The van der Waals surface area contributed by atoms with E-state index in [2.05, 4.69) is 77.4 Å². The molecule has 0 radical (unpaired) electrons. The number of benzene rings is 4. The van der Waals surface area contributed by atoms with Crippen LogP contribution >= 0.6 is 0 Å². The minimum absolute atomic E-state index is 0.326. The fourth-order valence-electron chi connectivity index (χ4n) is 3.85. The molecule has 3 nitrogen and oxygen atoms in total. The van der Waals surface area contributed by atoms with Crippen LogP contribution in [-0.2, 0) is 0 Å². The minimum atomic E-state index is -0.326. The third-order valence-corrected chi connectivity index (χ3v) is 5.09. The smallest absolute Gasteiger partial charge is 0.504 e. The predicted molar refractivity (Wildman–Crippen MR) is 116 cm³/mol. The summed E-state index contributed by atoms with van der Waals surface area (Å²) >= 11 is 0. The van der Waals surface area contributed by atoms with Crippen molar-refractivity contribution in [2.75, 3.05) is 0 Å². The van der Waals surface area contributed by atoms with Gasteiger partial charge in [-0.05, 0) is 53.6 Å². The molecule has 0 unspecified atom stereocenters. The third kappa shape index (κ3) is 2.75. The van der Waals surface area contributed by atoms with Crippen molar-refractivity contribution in [2.24, 2.45) is 0 Å². The van der Waals surface area contributed by atoms with Crippen molar-refractivity contribution in [1.82, 2.24) is 4.57 Å². The fourth-order valence-corrected chi connectivity index (χ4v) is 3.85. The van der Waals surface area contributed by atoms with Crippen molar-refractivity contribution in [1.29, 1.82) is 0 Å². The maximum atomic E-state index is 9.03. The summed E-state index contributed by atoms with van der Waals surface area (Å²) < 4.78 is 7.54. The number of fused-ring (bicyclic) bond motifs is 3. The maximum Gasteiger partial charge on any atom is 0.504 e. The summed E-state index contributed by atoms with van der Waals surface area (Å²) in [5, 5.41) is 11.5. The predicted octanol–water partition coefficient (Wildman–Crippen LogP) is 5.09. The Hall–Kier alpha value is -3.50. The van der Waals surface area contributed by atoms with Gasteiger partial charge in [0.05, 0.1) is 11.0 Å². The van der Waals surface area contributed by atoms with Crippen molar-refractivity contribution in [3.63, 3.8) is 0 Å². The Morgan fingerprint density at radius 2 is 1.39 bits per heavy atom. The van der Waals surface area contributed by atoms with Crippen LogP contribution in [0.5, 0.6) is 5.75 Å². The molecule has 1 N–H and O–H groups in total. The molecule has 0 spiro atoms. The van der Waals surface area contributed by atoms with Crippen LogP contribution < -0.4 is 4.65 Å². The van der Waals surface area contributed by atoms with Crippen molar-refractivity contribution >= 4 is 29.5 Å². The van der Waals surface area contributed by atoms with Gasteiger partial charge in [-0.15, -0.1) is 0 Å². The molecule has 28 heavy (non-hydrogen) atoms. The molecule has 0 aliphatic carbocycles. The van der Waals surface area contributed by atoms with Crippen LogP contribution in [0.3, 0.4) is 0 Å². The van der Waals surface area contributed by atoms with E-state index in [1.165, 1.54) is 21.8 Å². The molecular formula is C24H18BNO2. The summed E-state index contributed by atoms with van der Waals surface area (Å²) in [7, 11) is -0.326. The van der Waals surface area contributed by atoms with Crippen LogP contribution in [0, 0.1) is 0 Å². The lowest BCUT2D eigenvalue weighted by atomic mass is 10.0. The number of hydrogen-bond donors (Lipinski definition) is 1. The highest BCUT2D eigenvalue weighted by Gasteiger charge is 2.12. The van der Waals surface area contributed by atoms with E-state index >= 15 is 0 Å². The number of rotatable bonds is 4. The summed E-state index contributed by atoms with van der Waals surface area (Å²) in [6.07, 6.45) is 0. The molecule has 5 aromatic rings. The lowest BCUT2D eigenvalue weighted by Gasteiger charge is -2.09. The van der Waals surface area contributed by atoms with E-state index in [-0.39, 0.29) is 7.69 Å². The molecule has 0 saturated heterocycles. The van der Waals surface area contributed by atoms with Crippen LogP contribution in [0.2, 0.25) is 0 Å². The summed E-state index contributed by atoms with van der Waals surface area (Å²) in [6.45, 7) is 0. The SMILES string of the molecule is OBOc1cccc(-c2ccc3c(c2)c2ccccc2n3-c2ccccc2)c1. The lowest BCUT2D eigenvalue weighted by molar-refractivity contribution is 0.454. The highest BCUT2D eigenvalue weighted by atomic mass is 16.5. The Bertz CT molecular complexity index is 1280. The van der Waals surface area contributed by atoms with Crippen LogP contribution in [0.4, 0.5) is 0 Å². The standard InChI is InChI=1S/C24H18BNO2/c27-25-28-20-10-6-7-17(15-20)18-13-14-24-22(16-18)21-11-4-5-12-23(21)26(24)19-8-2-1-3-9-19/h1-16,25,27H. The summed E-state index contributed by atoms with van der Waals surface area (Å²) in [4.78, 5) is 0. The van der Waals surface area contributed by atoms with Gasteiger partial charge in [0.1, 0.15) is 5.75 Å². The van der Waals surface area contributed by atoms with Crippen LogP contribution in [0.1, 0.15) is 0 Å². The normalized spacial score (nSPS) is 11.0. The molecule has 0 aliphatic rings. The van der Waals surface area contributed by atoms with E-state index in [4.69, 9.17) is 9.68 Å². The van der Waals surface area contributed by atoms with E-state index in [0.717, 1.165) is 16.8 Å². The van der Waals surface area contributed by atoms with Gasteiger partial charge < -0.3 is 14.2 Å². The minimum Gasteiger partial charge on any atom is -0.539 e. The number of hydrogen-bond acceptors (Lipinski definition) is 2. The molecule has 0 aliphatic heterocycles. The Kier molecular flexibility index (Phi) is 4.11. The topological polar surface area (TPSA) is 34.4 Å². The zero-order chi connectivity index (χ0) is 18.9. The monoisotopic (exact) mass is 363 g/mol. The molecule has 1 aromatic heterocycles. The molecule has 0 amide bonds. The first-order chi connectivity index (χ1) is 13.8. The molecule has 1 heterocycles. The van der Waals surface area contributed by atoms with Crippen LogP contribution in [-0.4, -0.2) is 17.3 Å². The van der Waals surface area contributed by atoms with Crippen LogP contribution in [0.15, 0.2) is 97.1 Å². The Balaban J connectivity index is 1.75. The van der Waals surface area contributed by atoms with Gasteiger partial charge in [-0.1, -0.05) is 54.6 Å². The Morgan fingerprint density at radius 1 is 0.643 bits per heavy atom. The summed E-state index contributed by atoms with van der Waals surface area (Å²) in [5.41, 5.74) is 5.70. The number of para-hydroxylation sites is 2. The first-order valence-electron chi connectivity index (χ1n) is 9.28. The zero-order valence-electron chi connectivity index (χ0n) is 15.2. The molecular weight excluding hydrogens is 345 g/mol. The second-order valence-electron chi connectivity index (χ2n) is 6.72. The second kappa shape index (κ2) is 6.91. The molecule has 4 aromatic carbocycles.